The van der Waals surface area contributed by atoms with Crippen LogP contribution >= 0.6 is 0 Å². The molecule has 7 nitrogen and oxygen atoms in total. The first-order valence-electron chi connectivity index (χ1n) is 10.1. The third-order valence-corrected chi connectivity index (χ3v) is 4.40. The lowest BCUT2D eigenvalue weighted by atomic mass is 10.1. The second kappa shape index (κ2) is 11.2. The van der Waals surface area contributed by atoms with E-state index in [1.54, 1.807) is 73.7 Å². The highest BCUT2D eigenvalue weighted by Crippen LogP contribution is 2.15. The van der Waals surface area contributed by atoms with Crippen LogP contribution < -0.4 is 10.6 Å². The third kappa shape index (κ3) is 6.71. The summed E-state index contributed by atoms with van der Waals surface area (Å²) in [5.74, 6) is 5.27. The molecule has 0 radical (unpaired) electrons. The van der Waals surface area contributed by atoms with Crippen molar-refractivity contribution in [3.63, 3.8) is 0 Å². The molecule has 0 saturated heterocycles. The molecule has 0 aromatic heterocycles. The summed E-state index contributed by atoms with van der Waals surface area (Å²) in [7, 11) is 1.33. The van der Waals surface area contributed by atoms with Crippen LogP contribution in [0.5, 0.6) is 0 Å². The molecule has 0 atom stereocenters. The van der Waals surface area contributed by atoms with Crippen LogP contribution in [0.4, 0.5) is 16.2 Å². The largest absolute Gasteiger partial charge is 0.465 e. The van der Waals surface area contributed by atoms with Crippen LogP contribution in [0.25, 0.3) is 0 Å². The zero-order valence-electron chi connectivity index (χ0n) is 18.2. The highest BCUT2D eigenvalue weighted by atomic mass is 16.5. The van der Waals surface area contributed by atoms with Crippen molar-refractivity contribution in [1.82, 2.24) is 0 Å². The van der Waals surface area contributed by atoms with Crippen molar-refractivity contribution in [3.8, 4) is 11.8 Å². The van der Waals surface area contributed by atoms with Gasteiger partial charge in [-0.25, -0.2) is 9.59 Å². The smallest absolute Gasteiger partial charge is 0.411 e. The molecule has 0 spiro atoms. The summed E-state index contributed by atoms with van der Waals surface area (Å²) in [5.41, 5.74) is 3.17. The van der Waals surface area contributed by atoms with Gasteiger partial charge in [0.25, 0.3) is 5.91 Å². The molecular weight excluding hydrogens is 420 g/mol. The molecule has 0 saturated carbocycles. The zero-order valence-corrected chi connectivity index (χ0v) is 18.2. The topological polar surface area (TPSA) is 93.7 Å². The first kappa shape index (κ1) is 23.1. The summed E-state index contributed by atoms with van der Waals surface area (Å²) in [5, 5.41) is 5.39. The summed E-state index contributed by atoms with van der Waals surface area (Å²) >= 11 is 0. The fourth-order valence-electron chi connectivity index (χ4n) is 2.89. The normalized spacial score (nSPS) is 9.76. The van der Waals surface area contributed by atoms with Crippen LogP contribution in [-0.2, 0) is 9.47 Å². The van der Waals surface area contributed by atoms with Gasteiger partial charge in [-0.2, -0.15) is 0 Å². The fraction of sp³-hybridized carbons (Fsp3) is 0.115. The van der Waals surface area contributed by atoms with Crippen LogP contribution in [0.15, 0.2) is 72.8 Å². The number of nitrogens with one attached hydrogen (secondary N) is 2. The van der Waals surface area contributed by atoms with E-state index in [0.29, 0.717) is 33.6 Å². The predicted molar refractivity (Wildman–Crippen MR) is 125 cm³/mol. The van der Waals surface area contributed by atoms with Gasteiger partial charge in [0.2, 0.25) is 0 Å². The highest BCUT2D eigenvalue weighted by Gasteiger charge is 2.09. The van der Waals surface area contributed by atoms with Crippen LogP contribution in [0.3, 0.4) is 0 Å². The number of carbonyl (C=O) groups excluding carboxylic acids is 3. The van der Waals surface area contributed by atoms with E-state index in [2.05, 4.69) is 22.5 Å². The van der Waals surface area contributed by atoms with Gasteiger partial charge in [0.15, 0.2) is 0 Å². The van der Waals surface area contributed by atoms with Gasteiger partial charge in [-0.05, 0) is 61.5 Å². The molecule has 0 aliphatic carbocycles. The number of anilines is 2. The Balaban J connectivity index is 1.71. The summed E-state index contributed by atoms with van der Waals surface area (Å²) in [4.78, 5) is 35.9. The van der Waals surface area contributed by atoms with E-state index in [9.17, 15) is 14.4 Å². The summed E-state index contributed by atoms with van der Waals surface area (Å²) in [6.45, 7) is 1.96. The van der Waals surface area contributed by atoms with Crippen molar-refractivity contribution in [2.75, 3.05) is 24.4 Å². The minimum atomic E-state index is -0.585. The van der Waals surface area contributed by atoms with E-state index in [-0.39, 0.29) is 12.5 Å². The van der Waals surface area contributed by atoms with E-state index >= 15 is 0 Å². The molecule has 0 fully saturated rings. The lowest BCUT2D eigenvalue weighted by Gasteiger charge is -2.08. The molecule has 33 heavy (non-hydrogen) atoms. The number of methoxy groups -OCH3 is 1. The summed E-state index contributed by atoms with van der Waals surface area (Å²) < 4.78 is 9.57. The van der Waals surface area contributed by atoms with Crippen LogP contribution in [0.2, 0.25) is 0 Å². The Hall–Kier alpha value is -4.57. The van der Waals surface area contributed by atoms with Gasteiger partial charge in [-0.1, -0.05) is 30.0 Å². The first-order chi connectivity index (χ1) is 16.0. The van der Waals surface area contributed by atoms with Crippen molar-refractivity contribution in [2.45, 2.75) is 6.92 Å². The molecule has 0 aliphatic heterocycles. The Morgan fingerprint density at radius 3 is 2.09 bits per heavy atom. The van der Waals surface area contributed by atoms with E-state index in [1.807, 2.05) is 6.07 Å². The number of benzene rings is 3. The second-order valence-electron chi connectivity index (χ2n) is 6.78. The molecule has 0 unspecified atom stereocenters. The monoisotopic (exact) mass is 442 g/mol. The third-order valence-electron chi connectivity index (χ3n) is 4.40. The van der Waals surface area contributed by atoms with Crippen molar-refractivity contribution in [2.24, 2.45) is 0 Å². The average molecular weight is 442 g/mol. The SMILES string of the molecule is CCOC(=O)Nc1cccc(C(=O)Nc2cccc(C#Cc3cccc(C(=O)OC)c3)c2)c1. The van der Waals surface area contributed by atoms with E-state index < -0.39 is 12.1 Å². The molecule has 2 N–H and O–H groups in total. The Morgan fingerprint density at radius 2 is 1.39 bits per heavy atom. The second-order valence-corrected chi connectivity index (χ2v) is 6.78. The maximum absolute atomic E-state index is 12.7. The molecule has 166 valence electrons. The van der Waals surface area contributed by atoms with Crippen molar-refractivity contribution in [1.29, 1.82) is 0 Å². The Labute approximate surface area is 191 Å². The fourth-order valence-corrected chi connectivity index (χ4v) is 2.89. The van der Waals surface area contributed by atoms with Crippen LogP contribution in [0, 0.1) is 11.8 Å². The van der Waals surface area contributed by atoms with E-state index in [0.717, 1.165) is 0 Å². The highest BCUT2D eigenvalue weighted by molar-refractivity contribution is 6.05. The molecule has 0 bridgehead atoms. The zero-order chi connectivity index (χ0) is 23.6. The lowest BCUT2D eigenvalue weighted by Crippen LogP contribution is -2.15. The van der Waals surface area contributed by atoms with Crippen molar-refractivity contribution < 1.29 is 23.9 Å². The Bertz CT molecular complexity index is 1240. The van der Waals surface area contributed by atoms with Gasteiger partial charge in [0, 0.05) is 28.1 Å². The number of esters is 1. The molecule has 2 amide bonds. The molecule has 3 aromatic rings. The quantitative estimate of drug-likeness (QED) is 0.442. The molecule has 3 aromatic carbocycles. The Kier molecular flexibility index (Phi) is 7.81. The van der Waals surface area contributed by atoms with Crippen LogP contribution in [0.1, 0.15) is 38.8 Å². The minimum absolute atomic E-state index is 0.252. The molecule has 7 heteroatoms. The Morgan fingerprint density at radius 1 is 0.788 bits per heavy atom. The lowest BCUT2D eigenvalue weighted by molar-refractivity contribution is 0.0600. The summed E-state index contributed by atoms with van der Waals surface area (Å²) in [6, 6.07) is 20.5. The number of ether oxygens (including phenoxy) is 2. The van der Waals surface area contributed by atoms with Crippen molar-refractivity contribution in [3.05, 3.63) is 95.1 Å². The van der Waals surface area contributed by atoms with Gasteiger partial charge in [-0.15, -0.1) is 0 Å². The number of rotatable bonds is 5. The van der Waals surface area contributed by atoms with Gasteiger partial charge >= 0.3 is 12.1 Å². The maximum Gasteiger partial charge on any atom is 0.411 e. The maximum atomic E-state index is 12.7. The number of carbonyl (C=O) groups is 3. The van der Waals surface area contributed by atoms with E-state index in [1.165, 1.54) is 7.11 Å². The number of hydrogen-bond acceptors (Lipinski definition) is 5. The molecule has 3 rings (SSSR count). The molecule has 0 heterocycles. The van der Waals surface area contributed by atoms with Gasteiger partial charge in [-0.3, -0.25) is 10.1 Å². The minimum Gasteiger partial charge on any atom is -0.465 e. The van der Waals surface area contributed by atoms with Gasteiger partial charge in [0.1, 0.15) is 0 Å². The average Bonchev–Trinajstić information content (AvgIpc) is 2.83. The number of hydrogen-bond donors (Lipinski definition) is 2. The van der Waals surface area contributed by atoms with E-state index in [4.69, 9.17) is 9.47 Å². The predicted octanol–water partition coefficient (Wildman–Crippen LogP) is 4.69. The standard InChI is InChI=1S/C26H22N2O5/c1-3-33-26(31)28-23-12-6-9-20(17-23)24(29)27-22-11-5-8-19(16-22)14-13-18-7-4-10-21(15-18)25(30)32-2/h4-12,15-17H,3H2,1-2H3,(H,27,29)(H,28,31). The first-order valence-corrected chi connectivity index (χ1v) is 10.1. The van der Waals surface area contributed by atoms with Crippen LogP contribution in [-0.4, -0.2) is 31.7 Å². The summed E-state index contributed by atoms with van der Waals surface area (Å²) in [6.07, 6.45) is -0.585. The van der Waals surface area contributed by atoms with Gasteiger partial charge in [0.05, 0.1) is 19.3 Å². The molecule has 0 aliphatic rings. The number of amides is 2. The van der Waals surface area contributed by atoms with Gasteiger partial charge < -0.3 is 14.8 Å². The molecular formula is C26H22N2O5. The van der Waals surface area contributed by atoms with Crippen molar-refractivity contribution >= 4 is 29.3 Å².